The molecule has 0 fully saturated rings. The standard InChI is InChI=1S/C17H18N2O2S/c1-12-8-10-15(11-9-12)22-13(2)16(20)18-19-17(21)14-6-4-3-5-7-14/h3-11,13H,1-2H3,(H,18,20)(H,19,21)/t13-/m1/s1. The predicted octanol–water partition coefficient (Wildman–Crippen LogP) is 2.94. The Balaban J connectivity index is 1.84. The molecule has 2 aromatic carbocycles. The van der Waals surface area contributed by atoms with E-state index in [4.69, 9.17) is 0 Å². The Morgan fingerprint density at radius 2 is 1.59 bits per heavy atom. The van der Waals surface area contributed by atoms with E-state index in [0.717, 1.165) is 4.90 Å². The minimum atomic E-state index is -0.332. The predicted molar refractivity (Wildman–Crippen MR) is 88.5 cm³/mol. The SMILES string of the molecule is Cc1ccc(S[C@H](C)C(=O)NNC(=O)c2ccccc2)cc1. The second-order valence-corrected chi connectivity index (χ2v) is 6.30. The number of nitrogens with one attached hydrogen (secondary N) is 2. The molecule has 0 aliphatic heterocycles. The van der Waals surface area contributed by atoms with Gasteiger partial charge < -0.3 is 0 Å². The van der Waals surface area contributed by atoms with Gasteiger partial charge in [-0.2, -0.15) is 0 Å². The van der Waals surface area contributed by atoms with Crippen LogP contribution in [-0.2, 0) is 4.79 Å². The van der Waals surface area contributed by atoms with Crippen LogP contribution in [0.2, 0.25) is 0 Å². The first-order valence-electron chi connectivity index (χ1n) is 6.95. The monoisotopic (exact) mass is 314 g/mol. The van der Waals surface area contributed by atoms with Crippen molar-refractivity contribution < 1.29 is 9.59 Å². The summed E-state index contributed by atoms with van der Waals surface area (Å²) in [6.07, 6.45) is 0. The lowest BCUT2D eigenvalue weighted by atomic mass is 10.2. The van der Waals surface area contributed by atoms with E-state index in [0.29, 0.717) is 5.56 Å². The number of carbonyl (C=O) groups excluding carboxylic acids is 2. The van der Waals surface area contributed by atoms with Crippen molar-refractivity contribution in [2.75, 3.05) is 0 Å². The van der Waals surface area contributed by atoms with Gasteiger partial charge in [0.1, 0.15) is 0 Å². The van der Waals surface area contributed by atoms with Crippen LogP contribution in [0.5, 0.6) is 0 Å². The van der Waals surface area contributed by atoms with Crippen molar-refractivity contribution in [1.82, 2.24) is 10.9 Å². The highest BCUT2D eigenvalue weighted by Gasteiger charge is 2.15. The molecule has 5 heteroatoms. The average molecular weight is 314 g/mol. The second kappa shape index (κ2) is 7.66. The highest BCUT2D eigenvalue weighted by molar-refractivity contribution is 8.00. The zero-order valence-corrected chi connectivity index (χ0v) is 13.3. The molecule has 22 heavy (non-hydrogen) atoms. The Bertz CT molecular complexity index is 641. The van der Waals surface area contributed by atoms with Gasteiger partial charge in [0.15, 0.2) is 0 Å². The molecule has 0 heterocycles. The van der Waals surface area contributed by atoms with E-state index < -0.39 is 0 Å². The van der Waals surface area contributed by atoms with Gasteiger partial charge in [0.2, 0.25) is 0 Å². The summed E-state index contributed by atoms with van der Waals surface area (Å²) in [5, 5.41) is -0.307. The first-order valence-corrected chi connectivity index (χ1v) is 7.83. The van der Waals surface area contributed by atoms with Crippen molar-refractivity contribution >= 4 is 23.6 Å². The van der Waals surface area contributed by atoms with Gasteiger partial charge in [-0.25, -0.2) is 0 Å². The molecule has 0 aliphatic carbocycles. The van der Waals surface area contributed by atoms with Crippen LogP contribution in [0, 0.1) is 6.92 Å². The number of amides is 2. The summed E-state index contributed by atoms with van der Waals surface area (Å²) in [4.78, 5) is 24.9. The quantitative estimate of drug-likeness (QED) is 0.674. The van der Waals surface area contributed by atoms with E-state index in [9.17, 15) is 9.59 Å². The van der Waals surface area contributed by atoms with Crippen LogP contribution < -0.4 is 10.9 Å². The minimum absolute atomic E-state index is 0.241. The van der Waals surface area contributed by atoms with Crippen LogP contribution in [0.3, 0.4) is 0 Å². The van der Waals surface area contributed by atoms with Crippen molar-refractivity contribution in [2.24, 2.45) is 0 Å². The number of benzene rings is 2. The number of hydrogen-bond donors (Lipinski definition) is 2. The Labute approximate surface area is 134 Å². The van der Waals surface area contributed by atoms with Crippen LogP contribution in [0.15, 0.2) is 59.5 Å². The van der Waals surface area contributed by atoms with Crippen molar-refractivity contribution in [3.63, 3.8) is 0 Å². The molecular weight excluding hydrogens is 296 g/mol. The van der Waals surface area contributed by atoms with Gasteiger partial charge in [-0.15, -0.1) is 11.8 Å². The second-order valence-electron chi connectivity index (χ2n) is 4.88. The molecule has 4 nitrogen and oxygen atoms in total. The lowest BCUT2D eigenvalue weighted by molar-refractivity contribution is -0.121. The molecule has 114 valence electrons. The maximum atomic E-state index is 12.0. The molecule has 2 amide bonds. The van der Waals surface area contributed by atoms with Crippen LogP contribution >= 0.6 is 11.8 Å². The third-order valence-electron chi connectivity index (χ3n) is 3.04. The molecule has 0 aliphatic rings. The normalized spacial score (nSPS) is 11.5. The van der Waals surface area contributed by atoms with Crippen molar-refractivity contribution in [3.8, 4) is 0 Å². The maximum Gasteiger partial charge on any atom is 0.269 e. The van der Waals surface area contributed by atoms with Gasteiger partial charge in [0, 0.05) is 10.5 Å². The summed E-state index contributed by atoms with van der Waals surface area (Å²) in [7, 11) is 0. The molecule has 0 saturated heterocycles. The molecular formula is C17H18N2O2S. The van der Waals surface area contributed by atoms with E-state index in [1.165, 1.54) is 17.3 Å². The lowest BCUT2D eigenvalue weighted by Gasteiger charge is -2.13. The molecule has 0 bridgehead atoms. The van der Waals surface area contributed by atoms with E-state index in [-0.39, 0.29) is 17.1 Å². The van der Waals surface area contributed by atoms with Gasteiger partial charge in [-0.3, -0.25) is 20.4 Å². The molecule has 1 atom stereocenters. The summed E-state index contributed by atoms with van der Waals surface area (Å²) in [6, 6.07) is 16.7. The Kier molecular flexibility index (Phi) is 5.61. The molecule has 0 aromatic heterocycles. The Morgan fingerprint density at radius 3 is 2.23 bits per heavy atom. The Hall–Kier alpha value is -2.27. The number of aryl methyl sites for hydroxylation is 1. The summed E-state index contributed by atoms with van der Waals surface area (Å²) < 4.78 is 0. The van der Waals surface area contributed by atoms with Crippen LogP contribution in [-0.4, -0.2) is 17.1 Å². The van der Waals surface area contributed by atoms with Crippen molar-refractivity contribution in [2.45, 2.75) is 24.0 Å². The molecule has 2 rings (SSSR count). The third kappa shape index (κ3) is 4.63. The number of rotatable bonds is 4. The number of carbonyl (C=O) groups is 2. The fraction of sp³-hybridized carbons (Fsp3) is 0.176. The van der Waals surface area contributed by atoms with E-state index >= 15 is 0 Å². The van der Waals surface area contributed by atoms with E-state index in [1.54, 1.807) is 31.2 Å². The molecule has 0 radical (unpaired) electrons. The fourth-order valence-electron chi connectivity index (χ4n) is 1.76. The highest BCUT2D eigenvalue weighted by atomic mass is 32.2. The van der Waals surface area contributed by atoms with Gasteiger partial charge in [0.25, 0.3) is 11.8 Å². The zero-order valence-electron chi connectivity index (χ0n) is 12.5. The molecule has 0 unspecified atom stereocenters. The highest BCUT2D eigenvalue weighted by Crippen LogP contribution is 2.23. The Morgan fingerprint density at radius 1 is 0.955 bits per heavy atom. The summed E-state index contributed by atoms with van der Waals surface area (Å²) in [6.45, 7) is 3.82. The first-order chi connectivity index (χ1) is 10.6. The third-order valence-corrected chi connectivity index (χ3v) is 4.15. The molecule has 0 spiro atoms. The topological polar surface area (TPSA) is 58.2 Å². The number of hydrogen-bond acceptors (Lipinski definition) is 3. The lowest BCUT2D eigenvalue weighted by Crippen LogP contribution is -2.44. The summed E-state index contributed by atoms with van der Waals surface area (Å²) in [5.74, 6) is -0.573. The van der Waals surface area contributed by atoms with Crippen LogP contribution in [0.1, 0.15) is 22.8 Å². The van der Waals surface area contributed by atoms with E-state index in [1.807, 2.05) is 37.3 Å². The number of thioether (sulfide) groups is 1. The van der Waals surface area contributed by atoms with Crippen molar-refractivity contribution in [1.29, 1.82) is 0 Å². The molecule has 0 saturated carbocycles. The molecule has 2 aromatic rings. The van der Waals surface area contributed by atoms with E-state index in [2.05, 4.69) is 10.9 Å². The first kappa shape index (κ1) is 16.1. The van der Waals surface area contributed by atoms with Crippen molar-refractivity contribution in [3.05, 3.63) is 65.7 Å². The van der Waals surface area contributed by atoms with Gasteiger partial charge in [0.05, 0.1) is 5.25 Å². The maximum absolute atomic E-state index is 12.0. The fourth-order valence-corrected chi connectivity index (χ4v) is 2.62. The average Bonchev–Trinajstić information content (AvgIpc) is 2.55. The van der Waals surface area contributed by atoms with Crippen LogP contribution in [0.4, 0.5) is 0 Å². The van der Waals surface area contributed by atoms with Gasteiger partial charge >= 0.3 is 0 Å². The zero-order chi connectivity index (χ0) is 15.9. The largest absolute Gasteiger partial charge is 0.272 e. The van der Waals surface area contributed by atoms with Crippen LogP contribution in [0.25, 0.3) is 0 Å². The summed E-state index contributed by atoms with van der Waals surface area (Å²) >= 11 is 1.44. The smallest absolute Gasteiger partial charge is 0.269 e. The summed E-state index contributed by atoms with van der Waals surface area (Å²) in [5.41, 5.74) is 6.55. The van der Waals surface area contributed by atoms with Gasteiger partial charge in [-0.05, 0) is 38.1 Å². The number of hydrazine groups is 1. The van der Waals surface area contributed by atoms with Gasteiger partial charge in [-0.1, -0.05) is 35.9 Å². The molecule has 2 N–H and O–H groups in total. The minimum Gasteiger partial charge on any atom is -0.272 e.